The molecule has 0 bridgehead atoms. The number of hydrogen-bond acceptors (Lipinski definition) is 7. The molecule has 0 spiro atoms. The number of hydrazine groups is 1. The number of rotatable bonds is 8. The van der Waals surface area contributed by atoms with Crippen molar-refractivity contribution in [3.8, 4) is 17.0 Å². The molecule has 3 heterocycles. The first-order valence-electron chi connectivity index (χ1n) is 13.0. The largest absolute Gasteiger partial charge is 0.573 e. The Balaban J connectivity index is 1.29. The molecule has 2 aliphatic rings. The highest BCUT2D eigenvalue weighted by molar-refractivity contribution is 6.04. The minimum absolute atomic E-state index is 0.0185. The zero-order chi connectivity index (χ0) is 29.8. The number of ether oxygens (including phenoxy) is 1. The van der Waals surface area contributed by atoms with Crippen LogP contribution in [0.5, 0.6) is 5.75 Å². The Kier molecular flexibility index (Phi) is 6.55. The van der Waals surface area contributed by atoms with Crippen molar-refractivity contribution in [1.82, 2.24) is 23.9 Å². The van der Waals surface area contributed by atoms with Gasteiger partial charge in [-0.1, -0.05) is 0 Å². The van der Waals surface area contributed by atoms with E-state index < -0.39 is 30.0 Å². The zero-order valence-corrected chi connectivity index (χ0v) is 21.9. The number of pyridine rings is 1. The Morgan fingerprint density at radius 3 is 2.60 bits per heavy atom. The Hall–Kier alpha value is -4.66. The van der Waals surface area contributed by atoms with Gasteiger partial charge in [0, 0.05) is 54.6 Å². The molecular weight excluding hydrogens is 563 g/mol. The molecule has 0 radical (unpaired) electrons. The molecule has 3 aromatic heterocycles. The van der Waals surface area contributed by atoms with E-state index in [4.69, 9.17) is 11.6 Å². The van der Waals surface area contributed by atoms with Gasteiger partial charge in [0.1, 0.15) is 11.3 Å². The second-order valence-electron chi connectivity index (χ2n) is 10.4. The van der Waals surface area contributed by atoms with Crippen LogP contribution in [-0.4, -0.2) is 48.2 Å². The number of halogens is 5. The molecule has 10 nitrogen and oxygen atoms in total. The van der Waals surface area contributed by atoms with Crippen LogP contribution in [0.25, 0.3) is 22.6 Å². The first-order chi connectivity index (χ1) is 19.8. The van der Waals surface area contributed by atoms with Gasteiger partial charge < -0.3 is 25.4 Å². The third kappa shape index (κ3) is 5.72. The second-order valence-corrected chi connectivity index (χ2v) is 10.4. The molecule has 0 unspecified atom stereocenters. The Labute approximate surface area is 235 Å². The summed E-state index contributed by atoms with van der Waals surface area (Å²) in [7, 11) is 0. The highest BCUT2D eigenvalue weighted by atomic mass is 19.4. The summed E-state index contributed by atoms with van der Waals surface area (Å²) in [5, 5.41) is 4.00. The first kappa shape index (κ1) is 27.5. The number of carbonyl (C=O) groups is 1. The molecule has 1 amide bonds. The fourth-order valence-electron chi connectivity index (χ4n) is 4.75. The lowest BCUT2D eigenvalue weighted by molar-refractivity contribution is -0.274. The van der Waals surface area contributed by atoms with Crippen molar-refractivity contribution in [2.24, 2.45) is 11.6 Å². The van der Waals surface area contributed by atoms with Gasteiger partial charge in [0.25, 0.3) is 11.8 Å². The van der Waals surface area contributed by atoms with E-state index in [0.717, 1.165) is 18.9 Å². The van der Waals surface area contributed by atoms with E-state index in [2.05, 4.69) is 20.0 Å². The molecule has 5 N–H and O–H groups in total. The summed E-state index contributed by atoms with van der Waals surface area (Å²) in [4.78, 5) is 21.8. The summed E-state index contributed by atoms with van der Waals surface area (Å²) in [5.41, 5.74) is 7.90. The van der Waals surface area contributed by atoms with Gasteiger partial charge in [-0.2, -0.15) is 0 Å². The second kappa shape index (κ2) is 10.0. The van der Waals surface area contributed by atoms with E-state index in [-0.39, 0.29) is 30.3 Å². The van der Waals surface area contributed by atoms with Gasteiger partial charge in [0.15, 0.2) is 5.75 Å². The maximum Gasteiger partial charge on any atom is 0.573 e. The van der Waals surface area contributed by atoms with Crippen LogP contribution in [0.3, 0.4) is 0 Å². The van der Waals surface area contributed by atoms with Crippen LogP contribution in [0.1, 0.15) is 47.8 Å². The number of nitrogens with zero attached hydrogens (tertiary/aromatic N) is 5. The van der Waals surface area contributed by atoms with Gasteiger partial charge in [0.2, 0.25) is 0 Å². The summed E-state index contributed by atoms with van der Waals surface area (Å²) in [6.07, 6.45) is 3.62. The summed E-state index contributed by atoms with van der Waals surface area (Å²) < 4.78 is 73.3. The van der Waals surface area contributed by atoms with Crippen molar-refractivity contribution in [2.75, 3.05) is 5.32 Å². The molecule has 0 saturated heterocycles. The highest BCUT2D eigenvalue weighted by Gasteiger charge is 2.46. The van der Waals surface area contributed by atoms with Crippen LogP contribution < -0.4 is 21.6 Å². The van der Waals surface area contributed by atoms with Crippen molar-refractivity contribution in [1.29, 1.82) is 0 Å². The first-order valence-corrected chi connectivity index (χ1v) is 13.0. The number of imidazole rings is 2. The zero-order valence-electron chi connectivity index (χ0n) is 21.9. The third-order valence-corrected chi connectivity index (χ3v) is 7.17. The van der Waals surface area contributed by atoms with E-state index in [1.54, 1.807) is 24.5 Å². The van der Waals surface area contributed by atoms with Gasteiger partial charge in [-0.05, 0) is 43.2 Å². The van der Waals surface area contributed by atoms with Gasteiger partial charge in [0.05, 0.1) is 29.6 Å². The Morgan fingerprint density at radius 2 is 1.90 bits per heavy atom. The molecule has 220 valence electrons. The predicted molar refractivity (Wildman–Crippen MR) is 142 cm³/mol. The predicted octanol–water partition coefficient (Wildman–Crippen LogP) is 4.91. The van der Waals surface area contributed by atoms with Gasteiger partial charge >= 0.3 is 6.36 Å². The Bertz CT molecular complexity index is 1680. The van der Waals surface area contributed by atoms with Gasteiger partial charge in [-0.3, -0.25) is 9.20 Å². The molecule has 2 aliphatic carbocycles. The summed E-state index contributed by atoms with van der Waals surface area (Å²) in [6.45, 7) is 0. The van der Waals surface area contributed by atoms with E-state index in [9.17, 15) is 26.7 Å². The standard InChI is InChI=1S/C27H25F5N8O2/c28-26(29)8-18(9-26)38-13-21(36-14-38)15-1-5-23(42-27(30,31)32)20(7-15)37-25(41)22-10-35-24-6-2-16(11-39(22)24)19(33)12-40(34)17-3-4-17/h1-2,5-7,10-14,17-18H,3-4,8-9,33-34H2,(H,37,41)/b19-12-. The fourth-order valence-corrected chi connectivity index (χ4v) is 4.75. The summed E-state index contributed by atoms with van der Waals surface area (Å²) in [6, 6.07) is 6.78. The number of aromatic nitrogens is 4. The van der Waals surface area contributed by atoms with Crippen molar-refractivity contribution in [3.05, 3.63) is 72.7 Å². The number of nitrogens with one attached hydrogen (secondary N) is 1. The maximum absolute atomic E-state index is 13.3. The average Bonchev–Trinajstić information content (AvgIpc) is 3.49. The van der Waals surface area contributed by atoms with E-state index in [1.807, 2.05) is 0 Å². The Morgan fingerprint density at radius 1 is 1.14 bits per heavy atom. The van der Waals surface area contributed by atoms with Crippen LogP contribution in [0.4, 0.5) is 27.6 Å². The van der Waals surface area contributed by atoms with Gasteiger partial charge in [-0.25, -0.2) is 24.6 Å². The van der Waals surface area contributed by atoms with Crippen molar-refractivity contribution >= 4 is 22.9 Å². The summed E-state index contributed by atoms with van der Waals surface area (Å²) in [5.74, 6) is 1.84. The quantitative estimate of drug-likeness (QED) is 0.152. The smallest absolute Gasteiger partial charge is 0.404 e. The topological polar surface area (TPSA) is 129 Å². The average molecular weight is 589 g/mol. The highest BCUT2D eigenvalue weighted by Crippen LogP contribution is 2.45. The van der Waals surface area contributed by atoms with Crippen molar-refractivity contribution in [3.63, 3.8) is 0 Å². The summed E-state index contributed by atoms with van der Waals surface area (Å²) >= 11 is 0. The minimum atomic E-state index is -5.03. The van der Waals surface area contributed by atoms with E-state index in [0.29, 0.717) is 28.2 Å². The van der Waals surface area contributed by atoms with Gasteiger partial charge in [-0.15, -0.1) is 13.2 Å². The van der Waals surface area contributed by atoms with Crippen molar-refractivity contribution in [2.45, 2.75) is 50.1 Å². The van der Waals surface area contributed by atoms with Crippen LogP contribution >= 0.6 is 0 Å². The molecule has 1 aromatic carbocycles. The fraction of sp³-hybridized carbons (Fsp3) is 0.296. The lowest BCUT2D eigenvalue weighted by Gasteiger charge is -2.35. The number of anilines is 1. The number of hydrogen-bond donors (Lipinski definition) is 3. The van der Waals surface area contributed by atoms with Crippen LogP contribution in [0.2, 0.25) is 0 Å². The molecular formula is C27H25F5N8O2. The van der Waals surface area contributed by atoms with Crippen LogP contribution in [0.15, 0.2) is 61.4 Å². The lowest BCUT2D eigenvalue weighted by Crippen LogP contribution is -2.36. The SMILES string of the molecule is N/C(=C\N(N)C1CC1)c1ccc2ncc(C(=O)Nc3cc(-c4cn(C5CC(F)(F)C5)cn4)ccc3OC(F)(F)F)n2c1. The molecule has 4 aromatic rings. The molecule has 6 rings (SSSR count). The van der Waals surface area contributed by atoms with E-state index in [1.165, 1.54) is 44.8 Å². The van der Waals surface area contributed by atoms with Crippen LogP contribution in [0, 0.1) is 0 Å². The number of carbonyl (C=O) groups excluding carboxylic acids is 1. The normalized spacial score (nSPS) is 17.2. The third-order valence-electron chi connectivity index (χ3n) is 7.17. The monoisotopic (exact) mass is 588 g/mol. The number of fused-ring (bicyclic) bond motifs is 1. The van der Waals surface area contributed by atoms with Crippen LogP contribution in [-0.2, 0) is 0 Å². The molecule has 2 saturated carbocycles. The van der Waals surface area contributed by atoms with E-state index >= 15 is 0 Å². The molecule has 0 atom stereocenters. The molecule has 15 heteroatoms. The molecule has 42 heavy (non-hydrogen) atoms. The number of benzene rings is 1. The molecule has 0 aliphatic heterocycles. The maximum atomic E-state index is 13.3. The minimum Gasteiger partial charge on any atom is -0.404 e. The number of alkyl halides is 5. The molecule has 2 fully saturated rings. The lowest BCUT2D eigenvalue weighted by atomic mass is 9.88. The number of amides is 1. The number of nitrogens with two attached hydrogens (primary N) is 2. The van der Waals surface area contributed by atoms with Crippen molar-refractivity contribution < 1.29 is 31.5 Å².